The average molecular weight is 1020 g/mol. The van der Waals surface area contributed by atoms with E-state index in [-0.39, 0.29) is 0 Å². The normalized spacial score (nSPS) is 52.1. The van der Waals surface area contributed by atoms with Gasteiger partial charge < -0.3 is 149 Å². The molecule has 31 heteroatoms. The summed E-state index contributed by atoms with van der Waals surface area (Å²) in [6, 6.07) is -1.79. The third kappa shape index (κ3) is 11.8. The zero-order valence-corrected chi connectivity index (χ0v) is 36.8. The molecule has 6 aliphatic heterocycles. The molecule has 402 valence electrons. The number of aliphatic hydroxyl groups excluding tert-OH is 18. The predicted molar refractivity (Wildman–Crippen MR) is 209 cm³/mol. The first-order chi connectivity index (χ1) is 32.6. The second-order valence-electron chi connectivity index (χ2n) is 17.5. The van der Waals surface area contributed by atoms with E-state index in [4.69, 9.17) is 52.1 Å². The number of carbonyl (C=O) groups is 1. The Morgan fingerprint density at radius 2 is 0.768 bits per heavy atom. The zero-order valence-electron chi connectivity index (χ0n) is 36.8. The molecule has 30 atom stereocenters. The summed E-state index contributed by atoms with van der Waals surface area (Å²) in [6.45, 7) is -2.55. The minimum atomic E-state index is -2.21. The summed E-state index contributed by atoms with van der Waals surface area (Å²) in [5, 5.41) is 194. The van der Waals surface area contributed by atoms with Crippen molar-refractivity contribution in [1.82, 2.24) is 5.32 Å². The van der Waals surface area contributed by atoms with Gasteiger partial charge >= 0.3 is 0 Å². The van der Waals surface area contributed by atoms with Gasteiger partial charge in [-0.3, -0.25) is 4.79 Å². The van der Waals surface area contributed by atoms with Crippen molar-refractivity contribution >= 4 is 5.91 Å². The van der Waals surface area contributed by atoms with E-state index in [0.29, 0.717) is 0 Å². The SMILES string of the molecule is CC(=O)NC1C(O[C@@H]2OC(CO)[C@H](O)C(O)C2O[C@@H]2OC(C)[C@@H](O)C(O)C2O)[C@@H](O)C(CO)O[C@H]1OC1C(O)[C@H](O[C@H]2C(CO)O[C@@H](O[C@@H]3C(CO)O[C@@H](O)C(O)C3O)C(O)C2O)OC(CO)[C@@H]1O. The van der Waals surface area contributed by atoms with Crippen LogP contribution in [0.4, 0.5) is 0 Å². The first-order valence-corrected chi connectivity index (χ1v) is 22.0. The molecule has 0 aromatic heterocycles. The summed E-state index contributed by atoms with van der Waals surface area (Å²) in [6.07, 6.45) is -54.3. The van der Waals surface area contributed by atoms with Gasteiger partial charge in [0, 0.05) is 6.92 Å². The molecule has 18 unspecified atom stereocenters. The second kappa shape index (κ2) is 24.1. The Morgan fingerprint density at radius 1 is 0.377 bits per heavy atom. The average Bonchev–Trinajstić information content (AvgIpc) is 3.32. The Bertz CT molecular complexity index is 1610. The summed E-state index contributed by atoms with van der Waals surface area (Å²) in [5.74, 6) is -0.863. The molecule has 6 rings (SSSR count). The quantitative estimate of drug-likeness (QED) is 0.0682. The highest BCUT2D eigenvalue weighted by molar-refractivity contribution is 5.73. The molecule has 19 N–H and O–H groups in total. The van der Waals surface area contributed by atoms with Gasteiger partial charge in [0.05, 0.1) is 39.1 Å². The van der Waals surface area contributed by atoms with Gasteiger partial charge in [0.1, 0.15) is 140 Å². The maximum atomic E-state index is 12.7. The Kier molecular flexibility index (Phi) is 19.8. The molecule has 6 heterocycles. The minimum Gasteiger partial charge on any atom is -0.394 e. The van der Waals surface area contributed by atoms with Crippen LogP contribution in [0.15, 0.2) is 0 Å². The van der Waals surface area contributed by atoms with E-state index in [1.807, 2.05) is 0 Å². The standard InChI is InChI=1S/C38H65NO30/c1-8-16(46)20(50)25(55)35(59-8)69-32-21(51)17(47)10(3-40)63-38(32)67-30-15(39-9(2)45)34(61-11(4-41)18(30)48)68-31-19(49)12(5-42)62-37(27(31)57)66-29-14(7-44)64-36(26(56)23(29)53)65-28-13(6-43)60-33(58)24(54)22(28)52/h8,10-38,40-44,46-58H,3-7H2,1-2H3,(H,39,45)/t8?,10?,11?,12?,13?,14?,15?,16-,17+,18+,19+,20?,21?,22?,23?,24?,25?,26?,27?,28-,29+,30?,31?,32?,33-,34+,35+,36+,37+,38+/m1/s1. The fourth-order valence-electron chi connectivity index (χ4n) is 8.84. The molecule has 6 fully saturated rings. The minimum absolute atomic E-state index is 0.863. The summed E-state index contributed by atoms with van der Waals surface area (Å²) >= 11 is 0. The number of hydrogen-bond acceptors (Lipinski definition) is 30. The molecule has 0 radical (unpaired) electrons. The second-order valence-corrected chi connectivity index (χ2v) is 17.5. The van der Waals surface area contributed by atoms with Gasteiger partial charge in [-0.25, -0.2) is 0 Å². The number of carbonyl (C=O) groups excluding carboxylic acids is 1. The molecular formula is C38H65NO30. The Labute approximate surface area is 390 Å². The fourth-order valence-corrected chi connectivity index (χ4v) is 8.84. The Hall–Kier alpha value is -1.69. The van der Waals surface area contributed by atoms with Crippen LogP contribution in [0.1, 0.15) is 13.8 Å². The molecule has 69 heavy (non-hydrogen) atoms. The number of rotatable bonds is 16. The molecule has 0 bridgehead atoms. The molecule has 0 aromatic rings. The predicted octanol–water partition coefficient (Wildman–Crippen LogP) is -12.9. The number of amides is 1. The van der Waals surface area contributed by atoms with Crippen molar-refractivity contribution in [3.05, 3.63) is 0 Å². The highest BCUT2D eigenvalue weighted by atomic mass is 16.8. The number of ether oxygens (including phenoxy) is 11. The smallest absolute Gasteiger partial charge is 0.217 e. The van der Waals surface area contributed by atoms with E-state index >= 15 is 0 Å². The third-order valence-electron chi connectivity index (χ3n) is 12.8. The van der Waals surface area contributed by atoms with Crippen LogP contribution >= 0.6 is 0 Å². The van der Waals surface area contributed by atoms with Gasteiger partial charge in [-0.15, -0.1) is 0 Å². The lowest BCUT2D eigenvalue weighted by atomic mass is 9.94. The molecule has 6 saturated heterocycles. The fraction of sp³-hybridized carbons (Fsp3) is 0.974. The maximum absolute atomic E-state index is 12.7. The van der Waals surface area contributed by atoms with Crippen LogP contribution < -0.4 is 5.32 Å². The van der Waals surface area contributed by atoms with E-state index in [0.717, 1.165) is 6.92 Å². The molecule has 0 spiro atoms. The van der Waals surface area contributed by atoms with E-state index in [2.05, 4.69) is 5.32 Å². The molecule has 1 amide bonds. The van der Waals surface area contributed by atoms with Crippen LogP contribution in [0.2, 0.25) is 0 Å². The van der Waals surface area contributed by atoms with Crippen LogP contribution in [0, 0.1) is 0 Å². The Morgan fingerprint density at radius 3 is 1.33 bits per heavy atom. The summed E-state index contributed by atoms with van der Waals surface area (Å²) in [5.41, 5.74) is 0. The number of hydrogen-bond donors (Lipinski definition) is 19. The summed E-state index contributed by atoms with van der Waals surface area (Å²) < 4.78 is 62.4. The van der Waals surface area contributed by atoms with Gasteiger partial charge in [0.15, 0.2) is 37.7 Å². The van der Waals surface area contributed by atoms with Crippen LogP contribution in [-0.2, 0) is 56.9 Å². The van der Waals surface area contributed by atoms with Crippen LogP contribution in [-0.4, -0.2) is 315 Å². The first kappa shape index (κ1) is 56.6. The van der Waals surface area contributed by atoms with Crippen molar-refractivity contribution in [2.24, 2.45) is 0 Å². The largest absolute Gasteiger partial charge is 0.394 e. The van der Waals surface area contributed by atoms with Gasteiger partial charge in [0.2, 0.25) is 5.91 Å². The van der Waals surface area contributed by atoms with Gasteiger partial charge in [0.25, 0.3) is 0 Å². The molecule has 0 aliphatic carbocycles. The lowest BCUT2D eigenvalue weighted by Crippen LogP contribution is -2.70. The maximum Gasteiger partial charge on any atom is 0.217 e. The first-order valence-electron chi connectivity index (χ1n) is 22.0. The van der Waals surface area contributed by atoms with Crippen molar-refractivity contribution in [3.63, 3.8) is 0 Å². The van der Waals surface area contributed by atoms with E-state index in [9.17, 15) is 96.7 Å². The monoisotopic (exact) mass is 1020 g/mol. The zero-order chi connectivity index (χ0) is 50.9. The van der Waals surface area contributed by atoms with Crippen LogP contribution in [0.5, 0.6) is 0 Å². The Balaban J connectivity index is 1.23. The topological polar surface area (TPSA) is 495 Å². The van der Waals surface area contributed by atoms with Crippen molar-refractivity contribution in [2.45, 2.75) is 198 Å². The molecule has 0 aromatic carbocycles. The summed E-state index contributed by atoms with van der Waals surface area (Å²) in [7, 11) is 0. The molecular weight excluding hydrogens is 950 g/mol. The van der Waals surface area contributed by atoms with Crippen molar-refractivity contribution in [3.8, 4) is 0 Å². The van der Waals surface area contributed by atoms with Gasteiger partial charge in [-0.2, -0.15) is 0 Å². The number of aliphatic hydroxyl groups is 18. The highest BCUT2D eigenvalue weighted by Gasteiger charge is 2.58. The third-order valence-corrected chi connectivity index (χ3v) is 12.8. The highest BCUT2D eigenvalue weighted by Crippen LogP contribution is 2.37. The van der Waals surface area contributed by atoms with Crippen LogP contribution in [0.25, 0.3) is 0 Å². The summed E-state index contributed by atoms with van der Waals surface area (Å²) in [4.78, 5) is 12.7. The van der Waals surface area contributed by atoms with Crippen molar-refractivity contribution in [2.75, 3.05) is 33.0 Å². The van der Waals surface area contributed by atoms with Gasteiger partial charge in [-0.05, 0) is 6.92 Å². The van der Waals surface area contributed by atoms with Crippen LogP contribution in [0.3, 0.4) is 0 Å². The molecule has 31 nitrogen and oxygen atoms in total. The van der Waals surface area contributed by atoms with E-state index < -0.39 is 223 Å². The van der Waals surface area contributed by atoms with E-state index in [1.54, 1.807) is 0 Å². The van der Waals surface area contributed by atoms with Crippen molar-refractivity contribution in [1.29, 1.82) is 0 Å². The lowest BCUT2D eigenvalue weighted by Gasteiger charge is -2.51. The lowest BCUT2D eigenvalue weighted by molar-refractivity contribution is -0.393. The van der Waals surface area contributed by atoms with E-state index in [1.165, 1.54) is 6.92 Å². The molecule has 6 aliphatic rings. The number of nitrogens with one attached hydrogen (secondary N) is 1. The van der Waals surface area contributed by atoms with Gasteiger partial charge in [-0.1, -0.05) is 0 Å². The van der Waals surface area contributed by atoms with Crippen molar-refractivity contribution < 1.29 is 149 Å². The molecule has 0 saturated carbocycles.